The highest BCUT2D eigenvalue weighted by atomic mass is 79.9. The van der Waals surface area contributed by atoms with Gasteiger partial charge < -0.3 is 4.74 Å². The molecule has 0 saturated heterocycles. The summed E-state index contributed by atoms with van der Waals surface area (Å²) in [6.07, 6.45) is 0. The SMILES string of the molecule is O=[N+]([O-])c1cc(Cl)c(Cl)cc1Oc1cc(Br)ccc1CCl. The second-order valence-electron chi connectivity index (χ2n) is 3.98. The van der Waals surface area contributed by atoms with Crippen molar-refractivity contribution in [2.24, 2.45) is 0 Å². The van der Waals surface area contributed by atoms with E-state index in [1.165, 1.54) is 6.07 Å². The number of benzene rings is 2. The van der Waals surface area contributed by atoms with Gasteiger partial charge >= 0.3 is 5.69 Å². The van der Waals surface area contributed by atoms with E-state index >= 15 is 0 Å². The van der Waals surface area contributed by atoms with E-state index < -0.39 is 4.92 Å². The quantitative estimate of drug-likeness (QED) is 0.342. The minimum Gasteiger partial charge on any atom is -0.450 e. The molecule has 0 fully saturated rings. The molecule has 0 N–H and O–H groups in total. The molecule has 0 saturated carbocycles. The van der Waals surface area contributed by atoms with Crippen molar-refractivity contribution in [3.8, 4) is 11.5 Å². The number of ether oxygens (including phenoxy) is 1. The Hall–Kier alpha value is -1.01. The molecule has 2 aromatic rings. The normalized spacial score (nSPS) is 10.5. The molecule has 21 heavy (non-hydrogen) atoms. The second kappa shape index (κ2) is 6.83. The zero-order valence-electron chi connectivity index (χ0n) is 10.3. The Bertz CT molecular complexity index is 709. The standard InChI is InChI=1S/C13H7BrCl3NO3/c14-8-2-1-7(6-15)12(3-8)21-13-5-10(17)9(16)4-11(13)18(19)20/h1-5H,6H2. The molecule has 0 aliphatic rings. The zero-order valence-corrected chi connectivity index (χ0v) is 14.1. The summed E-state index contributed by atoms with van der Waals surface area (Å²) in [5, 5.41) is 11.3. The molecule has 2 rings (SSSR count). The van der Waals surface area contributed by atoms with Crippen molar-refractivity contribution < 1.29 is 9.66 Å². The average Bonchev–Trinajstić information content (AvgIpc) is 2.42. The Balaban J connectivity index is 2.51. The molecule has 8 heteroatoms. The summed E-state index contributed by atoms with van der Waals surface area (Å²) in [6.45, 7) is 0. The van der Waals surface area contributed by atoms with Crippen LogP contribution in [-0.4, -0.2) is 4.92 Å². The Morgan fingerprint density at radius 2 is 1.81 bits per heavy atom. The summed E-state index contributed by atoms with van der Waals surface area (Å²) in [4.78, 5) is 10.5. The van der Waals surface area contributed by atoms with Crippen molar-refractivity contribution in [2.45, 2.75) is 5.88 Å². The van der Waals surface area contributed by atoms with Crippen molar-refractivity contribution in [2.75, 3.05) is 0 Å². The van der Waals surface area contributed by atoms with Crippen molar-refractivity contribution >= 4 is 56.4 Å². The molecule has 110 valence electrons. The maximum absolute atomic E-state index is 11.1. The van der Waals surface area contributed by atoms with E-state index in [1.807, 2.05) is 0 Å². The summed E-state index contributed by atoms with van der Waals surface area (Å²) < 4.78 is 6.37. The van der Waals surface area contributed by atoms with Crippen molar-refractivity contribution in [3.63, 3.8) is 0 Å². The van der Waals surface area contributed by atoms with Crippen LogP contribution in [0.5, 0.6) is 11.5 Å². The molecule has 4 nitrogen and oxygen atoms in total. The van der Waals surface area contributed by atoms with E-state index in [1.54, 1.807) is 18.2 Å². The van der Waals surface area contributed by atoms with Gasteiger partial charge in [0, 0.05) is 22.2 Å². The number of nitro benzene ring substituents is 1. The minimum absolute atomic E-state index is 0.00105. The molecule has 0 heterocycles. The number of hydrogen-bond donors (Lipinski definition) is 0. The van der Waals surface area contributed by atoms with Gasteiger partial charge in [0.15, 0.2) is 0 Å². The first-order chi connectivity index (χ1) is 9.92. The van der Waals surface area contributed by atoms with Gasteiger partial charge in [0.25, 0.3) is 0 Å². The summed E-state index contributed by atoms with van der Waals surface area (Å²) in [5.41, 5.74) is 0.421. The Morgan fingerprint density at radius 1 is 1.14 bits per heavy atom. The second-order valence-corrected chi connectivity index (χ2v) is 5.98. The summed E-state index contributed by atoms with van der Waals surface area (Å²) >= 11 is 20.8. The Morgan fingerprint density at radius 3 is 2.43 bits per heavy atom. The van der Waals surface area contributed by atoms with Crippen LogP contribution in [0.3, 0.4) is 0 Å². The van der Waals surface area contributed by atoms with Crippen LogP contribution in [0.25, 0.3) is 0 Å². The number of hydrogen-bond acceptors (Lipinski definition) is 3. The molecule has 2 aromatic carbocycles. The van der Waals surface area contributed by atoms with Crippen LogP contribution in [0.15, 0.2) is 34.8 Å². The Labute approximate surface area is 143 Å². The maximum atomic E-state index is 11.1. The van der Waals surface area contributed by atoms with Gasteiger partial charge in [-0.15, -0.1) is 11.6 Å². The van der Waals surface area contributed by atoms with Gasteiger partial charge in [0.05, 0.1) is 20.8 Å². The molecule has 0 atom stereocenters. The Kier molecular flexibility index (Phi) is 5.32. The average molecular weight is 411 g/mol. The van der Waals surface area contributed by atoms with Crippen LogP contribution >= 0.6 is 50.7 Å². The number of halogens is 4. The summed E-state index contributed by atoms with van der Waals surface area (Å²) in [7, 11) is 0. The van der Waals surface area contributed by atoms with Gasteiger partial charge in [-0.3, -0.25) is 10.1 Å². The zero-order chi connectivity index (χ0) is 15.6. The van der Waals surface area contributed by atoms with Crippen molar-refractivity contribution in [1.29, 1.82) is 0 Å². The molecule has 0 amide bonds. The third kappa shape index (κ3) is 3.80. The third-order valence-corrected chi connectivity index (χ3v) is 4.09. The smallest absolute Gasteiger partial charge is 0.313 e. The molecular weight excluding hydrogens is 404 g/mol. The van der Waals surface area contributed by atoms with Crippen LogP contribution in [0, 0.1) is 10.1 Å². The number of nitrogens with zero attached hydrogens (tertiary/aromatic N) is 1. The lowest BCUT2D eigenvalue weighted by atomic mass is 10.2. The number of alkyl halides is 1. The lowest BCUT2D eigenvalue weighted by Crippen LogP contribution is -1.96. The van der Waals surface area contributed by atoms with E-state index in [-0.39, 0.29) is 27.4 Å². The highest BCUT2D eigenvalue weighted by Gasteiger charge is 2.20. The number of nitro groups is 1. The van der Waals surface area contributed by atoms with Gasteiger partial charge in [-0.05, 0) is 12.1 Å². The first-order valence-electron chi connectivity index (χ1n) is 5.58. The minimum atomic E-state index is -0.587. The predicted octanol–water partition coefficient (Wildman–Crippen LogP) is 6.20. The van der Waals surface area contributed by atoms with Gasteiger partial charge in [-0.25, -0.2) is 0 Å². The molecular formula is C13H7BrCl3NO3. The van der Waals surface area contributed by atoms with E-state index in [9.17, 15) is 10.1 Å². The van der Waals surface area contributed by atoms with E-state index in [4.69, 9.17) is 39.5 Å². The largest absolute Gasteiger partial charge is 0.450 e. The van der Waals surface area contributed by atoms with Gasteiger partial charge in [-0.1, -0.05) is 45.2 Å². The molecule has 0 unspecified atom stereocenters. The highest BCUT2D eigenvalue weighted by Crippen LogP contribution is 2.39. The van der Waals surface area contributed by atoms with Crippen molar-refractivity contribution in [3.05, 3.63) is 60.5 Å². The molecule has 0 aliphatic heterocycles. The molecule has 0 aliphatic carbocycles. The topological polar surface area (TPSA) is 52.4 Å². The fourth-order valence-electron chi connectivity index (χ4n) is 1.59. The fourth-order valence-corrected chi connectivity index (χ4v) is 2.47. The maximum Gasteiger partial charge on any atom is 0.313 e. The number of rotatable bonds is 4. The van der Waals surface area contributed by atoms with Crippen LogP contribution in [0.2, 0.25) is 10.0 Å². The lowest BCUT2D eigenvalue weighted by Gasteiger charge is -2.11. The third-order valence-electron chi connectivity index (χ3n) is 2.59. The first kappa shape index (κ1) is 16.4. The monoisotopic (exact) mass is 409 g/mol. The van der Waals surface area contributed by atoms with Crippen molar-refractivity contribution in [1.82, 2.24) is 0 Å². The molecule has 0 spiro atoms. The molecule has 0 bridgehead atoms. The molecule has 0 aromatic heterocycles. The van der Waals surface area contributed by atoms with Crippen LogP contribution in [0.4, 0.5) is 5.69 Å². The molecule has 0 radical (unpaired) electrons. The van der Waals surface area contributed by atoms with E-state index in [0.717, 1.165) is 10.5 Å². The highest BCUT2D eigenvalue weighted by molar-refractivity contribution is 9.10. The van der Waals surface area contributed by atoms with Crippen LogP contribution in [0.1, 0.15) is 5.56 Å². The lowest BCUT2D eigenvalue weighted by molar-refractivity contribution is -0.385. The van der Waals surface area contributed by atoms with Gasteiger partial charge in [0.1, 0.15) is 5.75 Å². The van der Waals surface area contributed by atoms with Crippen LogP contribution in [-0.2, 0) is 5.88 Å². The summed E-state index contributed by atoms with van der Waals surface area (Å²) in [5.74, 6) is 0.609. The first-order valence-corrected chi connectivity index (χ1v) is 7.66. The van der Waals surface area contributed by atoms with Gasteiger partial charge in [-0.2, -0.15) is 0 Å². The van der Waals surface area contributed by atoms with E-state index in [2.05, 4.69) is 15.9 Å². The van der Waals surface area contributed by atoms with Gasteiger partial charge in [0.2, 0.25) is 5.75 Å². The fraction of sp³-hybridized carbons (Fsp3) is 0.0769. The van der Waals surface area contributed by atoms with Crippen LogP contribution < -0.4 is 4.74 Å². The van der Waals surface area contributed by atoms with E-state index in [0.29, 0.717) is 11.3 Å². The predicted molar refractivity (Wildman–Crippen MR) is 86.9 cm³/mol. The summed E-state index contributed by atoms with van der Waals surface area (Å²) in [6, 6.07) is 7.69.